The van der Waals surface area contributed by atoms with Gasteiger partial charge in [0.15, 0.2) is 0 Å². The van der Waals surface area contributed by atoms with Gasteiger partial charge in [-0.15, -0.1) is 0 Å². The summed E-state index contributed by atoms with van der Waals surface area (Å²) < 4.78 is 29.7. The fourth-order valence-electron chi connectivity index (χ4n) is 3.95. The number of rotatable bonds is 2. The van der Waals surface area contributed by atoms with Gasteiger partial charge in [0.2, 0.25) is 5.91 Å². The number of aromatic amines is 1. The summed E-state index contributed by atoms with van der Waals surface area (Å²) in [5, 5.41) is 1.54. The highest BCUT2D eigenvalue weighted by Gasteiger charge is 2.34. The number of amides is 1. The van der Waals surface area contributed by atoms with Crippen molar-refractivity contribution in [1.29, 1.82) is 0 Å². The van der Waals surface area contributed by atoms with Crippen LogP contribution in [0.15, 0.2) is 12.3 Å². The van der Waals surface area contributed by atoms with Crippen LogP contribution < -0.4 is 4.72 Å². The van der Waals surface area contributed by atoms with Gasteiger partial charge in [-0.25, -0.2) is 0 Å². The van der Waals surface area contributed by atoms with Crippen LogP contribution in [0, 0.1) is 5.92 Å². The summed E-state index contributed by atoms with van der Waals surface area (Å²) >= 11 is 12.5. The van der Waals surface area contributed by atoms with E-state index < -0.39 is 10.2 Å². The molecule has 10 heteroatoms. The number of benzene rings is 1. The van der Waals surface area contributed by atoms with Crippen LogP contribution in [0.1, 0.15) is 25.3 Å². The Hall–Kier alpha value is -1.48. The Morgan fingerprint density at radius 2 is 2.11 bits per heavy atom. The van der Waals surface area contributed by atoms with E-state index in [1.807, 2.05) is 0 Å². The van der Waals surface area contributed by atoms with E-state index >= 15 is 0 Å². The summed E-state index contributed by atoms with van der Waals surface area (Å²) in [6.45, 7) is 3.46. The Kier molecular flexibility index (Phi) is 4.78. The number of anilines is 1. The number of piperidine rings is 1. The average Bonchev–Trinajstić information content (AvgIpc) is 2.99. The van der Waals surface area contributed by atoms with E-state index in [-0.39, 0.29) is 18.4 Å². The quantitative estimate of drug-likeness (QED) is 0.766. The lowest BCUT2D eigenvalue weighted by Crippen LogP contribution is -2.46. The Labute approximate surface area is 167 Å². The predicted octanol–water partition coefficient (Wildman–Crippen LogP) is 3.21. The zero-order chi connectivity index (χ0) is 19.3. The third kappa shape index (κ3) is 3.40. The zero-order valence-electron chi connectivity index (χ0n) is 14.8. The fourth-order valence-corrected chi connectivity index (χ4v) is 5.91. The van der Waals surface area contributed by atoms with E-state index in [0.717, 1.165) is 24.9 Å². The molecule has 1 aromatic heterocycles. The van der Waals surface area contributed by atoms with E-state index in [4.69, 9.17) is 23.2 Å². The van der Waals surface area contributed by atoms with Gasteiger partial charge in [-0.2, -0.15) is 12.7 Å². The fraction of sp³-hybridized carbons (Fsp3) is 0.471. The van der Waals surface area contributed by atoms with Gasteiger partial charge in [-0.05, 0) is 30.4 Å². The lowest BCUT2D eigenvalue weighted by Gasteiger charge is -2.36. The maximum atomic E-state index is 12.8. The van der Waals surface area contributed by atoms with Crippen molar-refractivity contribution < 1.29 is 13.2 Å². The molecule has 0 unspecified atom stereocenters. The number of carbonyl (C=O) groups excluding carboxylic acids is 1. The summed E-state index contributed by atoms with van der Waals surface area (Å²) in [6, 6.07) is 1.76. The van der Waals surface area contributed by atoms with E-state index in [2.05, 4.69) is 9.71 Å². The van der Waals surface area contributed by atoms with Crippen molar-refractivity contribution >= 4 is 55.9 Å². The molecule has 1 fully saturated rings. The van der Waals surface area contributed by atoms with Crippen molar-refractivity contribution in [1.82, 2.24) is 14.2 Å². The number of fused-ring (bicyclic) bond motifs is 3. The Morgan fingerprint density at radius 3 is 2.85 bits per heavy atom. The van der Waals surface area contributed by atoms with Gasteiger partial charge in [-0.1, -0.05) is 23.2 Å². The smallest absolute Gasteiger partial charge is 0.302 e. The molecular weight excluding hydrogens is 411 g/mol. The number of nitrogens with zero attached hydrogens (tertiary/aromatic N) is 2. The molecule has 1 atom stereocenters. The van der Waals surface area contributed by atoms with Crippen LogP contribution in [-0.4, -0.2) is 48.1 Å². The standard InChI is InChI=1S/C17H20Cl2N4O3S/c1-10(24)22-4-2-3-11(7-22)8-23-9-12-5-13(18)15-14(19)6-20-17(15)16(12)21-27(23,25)26/h5-6,11,20-21H,2-4,7-9H2,1H3/t11-/m1/s1. The zero-order valence-corrected chi connectivity index (χ0v) is 17.1. The molecule has 7 nitrogen and oxygen atoms in total. The number of H-pyrrole nitrogens is 1. The molecule has 1 aromatic carbocycles. The van der Waals surface area contributed by atoms with Crippen LogP contribution in [0.25, 0.3) is 10.9 Å². The van der Waals surface area contributed by atoms with Gasteiger partial charge in [-0.3, -0.25) is 9.52 Å². The van der Waals surface area contributed by atoms with Crippen LogP contribution >= 0.6 is 23.2 Å². The lowest BCUT2D eigenvalue weighted by atomic mass is 9.97. The molecule has 1 saturated heterocycles. The largest absolute Gasteiger partial charge is 0.358 e. The first-order chi connectivity index (χ1) is 12.8. The third-order valence-electron chi connectivity index (χ3n) is 5.29. The first-order valence-electron chi connectivity index (χ1n) is 8.77. The summed E-state index contributed by atoms with van der Waals surface area (Å²) in [7, 11) is -3.70. The number of halogens is 2. The van der Waals surface area contributed by atoms with Crippen molar-refractivity contribution in [2.75, 3.05) is 24.4 Å². The summed E-state index contributed by atoms with van der Waals surface area (Å²) in [6.07, 6.45) is 3.38. The SMILES string of the molecule is CC(=O)N1CCC[C@@H](CN2Cc3cc(Cl)c4c(Cl)c[nH]c4c3NS2(=O)=O)C1. The highest BCUT2D eigenvalue weighted by molar-refractivity contribution is 7.90. The molecule has 0 radical (unpaired) electrons. The van der Waals surface area contributed by atoms with Crippen LogP contribution in [0.2, 0.25) is 10.0 Å². The molecule has 0 saturated carbocycles. The van der Waals surface area contributed by atoms with Crippen LogP contribution in [-0.2, 0) is 21.5 Å². The predicted molar refractivity (Wildman–Crippen MR) is 106 cm³/mol. The van der Waals surface area contributed by atoms with E-state index in [1.54, 1.807) is 24.1 Å². The third-order valence-corrected chi connectivity index (χ3v) is 7.30. The average molecular weight is 431 g/mol. The topological polar surface area (TPSA) is 85.5 Å². The molecule has 1 amide bonds. The molecule has 0 spiro atoms. The number of nitrogens with one attached hydrogen (secondary N) is 2. The maximum absolute atomic E-state index is 12.8. The number of aromatic nitrogens is 1. The minimum Gasteiger partial charge on any atom is -0.358 e. The van der Waals surface area contributed by atoms with Crippen molar-refractivity contribution in [3.63, 3.8) is 0 Å². The second-order valence-corrected chi connectivity index (χ2v) is 9.64. The summed E-state index contributed by atoms with van der Waals surface area (Å²) in [5.41, 5.74) is 1.87. The first kappa shape index (κ1) is 18.9. The molecule has 2 aliphatic heterocycles. The van der Waals surface area contributed by atoms with Gasteiger partial charge in [0.25, 0.3) is 0 Å². The van der Waals surface area contributed by atoms with Gasteiger partial charge in [0, 0.05) is 44.7 Å². The minimum absolute atomic E-state index is 0.0301. The van der Waals surface area contributed by atoms with Crippen LogP contribution in [0.4, 0.5) is 5.69 Å². The molecule has 27 heavy (non-hydrogen) atoms. The Bertz CT molecular complexity index is 1020. The van der Waals surface area contributed by atoms with Crippen molar-refractivity contribution in [2.24, 2.45) is 5.92 Å². The van der Waals surface area contributed by atoms with Crippen LogP contribution in [0.5, 0.6) is 0 Å². The van der Waals surface area contributed by atoms with Gasteiger partial charge >= 0.3 is 10.2 Å². The summed E-state index contributed by atoms with van der Waals surface area (Å²) in [5.74, 6) is 0.141. The van der Waals surface area contributed by atoms with Gasteiger partial charge in [0.1, 0.15) is 0 Å². The number of carbonyl (C=O) groups is 1. The molecule has 0 aliphatic carbocycles. The van der Waals surface area contributed by atoms with E-state index in [9.17, 15) is 13.2 Å². The van der Waals surface area contributed by atoms with E-state index in [0.29, 0.717) is 39.7 Å². The number of hydrogen-bond acceptors (Lipinski definition) is 3. The number of likely N-dealkylation sites (tertiary alicyclic amines) is 1. The highest BCUT2D eigenvalue weighted by Crippen LogP contribution is 2.40. The second kappa shape index (κ2) is 6.84. The van der Waals surface area contributed by atoms with Gasteiger partial charge in [0.05, 0.1) is 21.2 Å². The molecule has 4 rings (SSSR count). The van der Waals surface area contributed by atoms with Crippen molar-refractivity contribution in [2.45, 2.75) is 26.3 Å². The molecule has 2 N–H and O–H groups in total. The van der Waals surface area contributed by atoms with Crippen molar-refractivity contribution in [3.05, 3.63) is 27.9 Å². The monoisotopic (exact) mass is 430 g/mol. The van der Waals surface area contributed by atoms with Gasteiger partial charge < -0.3 is 9.88 Å². The van der Waals surface area contributed by atoms with E-state index in [1.165, 1.54) is 4.31 Å². The van der Waals surface area contributed by atoms with Crippen molar-refractivity contribution in [3.8, 4) is 0 Å². The Balaban J connectivity index is 1.63. The molecule has 146 valence electrons. The normalized spacial score (nSPS) is 22.5. The van der Waals surface area contributed by atoms with Crippen LogP contribution in [0.3, 0.4) is 0 Å². The molecule has 3 heterocycles. The molecule has 2 aromatic rings. The Morgan fingerprint density at radius 1 is 1.33 bits per heavy atom. The summed E-state index contributed by atoms with van der Waals surface area (Å²) in [4.78, 5) is 16.4. The maximum Gasteiger partial charge on any atom is 0.302 e. The highest BCUT2D eigenvalue weighted by atomic mass is 35.5. The minimum atomic E-state index is -3.70. The lowest BCUT2D eigenvalue weighted by molar-refractivity contribution is -0.130. The number of hydrogen-bond donors (Lipinski definition) is 2. The molecule has 2 aliphatic rings. The molecular formula is C17H20Cl2N4O3S. The second-order valence-electron chi connectivity index (χ2n) is 7.15. The first-order valence-corrected chi connectivity index (χ1v) is 11.0. The molecule has 0 bridgehead atoms.